The molecule has 0 unspecified atom stereocenters. The third-order valence-electron chi connectivity index (χ3n) is 6.20. The second-order valence-corrected chi connectivity index (χ2v) is 10.7. The van der Waals surface area contributed by atoms with Gasteiger partial charge in [0, 0.05) is 5.92 Å². The average Bonchev–Trinajstić information content (AvgIpc) is 2.70. The minimum atomic E-state index is -4.49. The first kappa shape index (κ1) is 24.8. The molecule has 0 saturated carbocycles. The van der Waals surface area contributed by atoms with Gasteiger partial charge < -0.3 is 10.2 Å². The van der Waals surface area contributed by atoms with E-state index in [1.165, 1.54) is 6.07 Å². The summed E-state index contributed by atoms with van der Waals surface area (Å²) >= 11 is 0. The first-order valence-corrected chi connectivity index (χ1v) is 12.5. The molecule has 6 heteroatoms. The summed E-state index contributed by atoms with van der Waals surface area (Å²) in [5.41, 5.74) is 5.20. The van der Waals surface area contributed by atoms with Crippen molar-refractivity contribution >= 4 is 10.1 Å². The first-order chi connectivity index (χ1) is 15.3. The Labute approximate surface area is 196 Å². The van der Waals surface area contributed by atoms with E-state index in [1.807, 2.05) is 53.7 Å². The van der Waals surface area contributed by atoms with Crippen molar-refractivity contribution in [2.45, 2.75) is 64.2 Å². The predicted octanol–water partition coefficient (Wildman–Crippen LogP) is 6.39. The van der Waals surface area contributed by atoms with E-state index in [0.717, 1.165) is 33.4 Å². The fourth-order valence-corrected chi connectivity index (χ4v) is 5.19. The van der Waals surface area contributed by atoms with Crippen LogP contribution in [-0.4, -0.2) is 23.2 Å². The summed E-state index contributed by atoms with van der Waals surface area (Å²) in [7, 11) is -4.49. The summed E-state index contributed by atoms with van der Waals surface area (Å²) in [6, 6.07) is 13.7. The molecule has 0 bridgehead atoms. The number of aromatic hydroxyl groups is 2. The lowest BCUT2D eigenvalue weighted by molar-refractivity contribution is 0.463. The van der Waals surface area contributed by atoms with Gasteiger partial charge in [0.25, 0.3) is 10.1 Å². The minimum absolute atomic E-state index is 0.0500. The summed E-state index contributed by atoms with van der Waals surface area (Å²) in [6.45, 7) is 11.7. The number of rotatable bonds is 6. The number of hydrogen-bond donors (Lipinski definition) is 3. The Balaban J connectivity index is 2.47. The molecule has 0 heterocycles. The molecule has 5 nitrogen and oxygen atoms in total. The third-order valence-corrected chi connectivity index (χ3v) is 7.13. The van der Waals surface area contributed by atoms with Gasteiger partial charge in [0.15, 0.2) is 0 Å². The standard InChI is InChI=1S/C27H32O5S/c1-15(2)20-13-22(17(5)11-24(20)28)27(19-9-7-8-10-26(19)33(30,31)32)23-14-21(16(3)4)25(29)12-18(23)6/h7-16,27-29H,1-6H3,(H,30,31,32). The maximum Gasteiger partial charge on any atom is 0.294 e. The van der Waals surface area contributed by atoms with E-state index in [4.69, 9.17) is 0 Å². The maximum absolute atomic E-state index is 12.3. The van der Waals surface area contributed by atoms with E-state index in [0.29, 0.717) is 5.56 Å². The third kappa shape index (κ3) is 4.92. The summed E-state index contributed by atoms with van der Waals surface area (Å²) in [4.78, 5) is -0.160. The number of phenolic OH excluding ortho intramolecular Hbond substituents is 2. The molecule has 0 amide bonds. The molecule has 0 saturated heterocycles. The van der Waals surface area contributed by atoms with E-state index in [1.54, 1.807) is 30.3 Å². The Morgan fingerprint density at radius 1 is 0.667 bits per heavy atom. The maximum atomic E-state index is 12.3. The Morgan fingerprint density at radius 3 is 1.48 bits per heavy atom. The van der Waals surface area contributed by atoms with Crippen molar-refractivity contribution < 1.29 is 23.2 Å². The highest BCUT2D eigenvalue weighted by atomic mass is 32.2. The zero-order valence-electron chi connectivity index (χ0n) is 19.9. The van der Waals surface area contributed by atoms with Crippen LogP contribution in [0.1, 0.15) is 84.4 Å². The summed E-state index contributed by atoms with van der Waals surface area (Å²) < 4.78 is 34.7. The highest BCUT2D eigenvalue weighted by Crippen LogP contribution is 2.43. The van der Waals surface area contributed by atoms with Gasteiger partial charge in [0.2, 0.25) is 0 Å². The van der Waals surface area contributed by atoms with Crippen molar-refractivity contribution in [2.24, 2.45) is 0 Å². The summed E-state index contributed by atoms with van der Waals surface area (Å²) in [5.74, 6) is -0.0565. The predicted molar refractivity (Wildman–Crippen MR) is 131 cm³/mol. The van der Waals surface area contributed by atoms with Gasteiger partial charge in [-0.3, -0.25) is 4.55 Å². The second kappa shape index (κ2) is 9.20. The molecule has 0 radical (unpaired) electrons. The minimum Gasteiger partial charge on any atom is -0.508 e. The van der Waals surface area contributed by atoms with Crippen LogP contribution in [0.25, 0.3) is 0 Å². The van der Waals surface area contributed by atoms with E-state index in [-0.39, 0.29) is 28.2 Å². The highest BCUT2D eigenvalue weighted by Gasteiger charge is 2.29. The summed E-state index contributed by atoms with van der Waals surface area (Å²) in [5, 5.41) is 21.1. The van der Waals surface area contributed by atoms with E-state index < -0.39 is 16.0 Å². The Kier molecular flexibility index (Phi) is 6.91. The van der Waals surface area contributed by atoms with Gasteiger partial charge in [-0.1, -0.05) is 58.0 Å². The molecule has 176 valence electrons. The topological polar surface area (TPSA) is 94.8 Å². The van der Waals surface area contributed by atoms with Crippen molar-refractivity contribution in [1.29, 1.82) is 0 Å². The molecule has 0 fully saturated rings. The Bertz CT molecular complexity index is 1230. The molecule has 0 spiro atoms. The van der Waals surface area contributed by atoms with Crippen LogP contribution in [0, 0.1) is 13.8 Å². The molecule has 0 aliphatic rings. The van der Waals surface area contributed by atoms with Crippen LogP contribution in [0.5, 0.6) is 11.5 Å². The van der Waals surface area contributed by atoms with Crippen molar-refractivity contribution in [3.05, 3.63) is 87.5 Å². The number of benzene rings is 3. The van der Waals surface area contributed by atoms with Crippen molar-refractivity contribution in [3.8, 4) is 11.5 Å². The molecule has 3 aromatic carbocycles. The van der Waals surface area contributed by atoms with Crippen LogP contribution in [0.4, 0.5) is 0 Å². The number of aryl methyl sites for hydroxylation is 2. The van der Waals surface area contributed by atoms with E-state index in [2.05, 4.69) is 0 Å². The number of hydrogen-bond acceptors (Lipinski definition) is 4. The van der Waals surface area contributed by atoms with Gasteiger partial charge in [0.1, 0.15) is 11.5 Å². The molecule has 33 heavy (non-hydrogen) atoms. The summed E-state index contributed by atoms with van der Waals surface area (Å²) in [6.07, 6.45) is 0. The molecule has 0 aliphatic carbocycles. The molecule has 0 atom stereocenters. The number of phenols is 2. The van der Waals surface area contributed by atoms with Crippen LogP contribution in [0.3, 0.4) is 0 Å². The zero-order valence-corrected chi connectivity index (χ0v) is 20.7. The molecule has 3 rings (SSSR count). The SMILES string of the molecule is Cc1cc(O)c(C(C)C)cc1C(c1cc(C(C)C)c(O)cc1C)c1ccccc1S(=O)(=O)O. The Morgan fingerprint density at radius 2 is 1.09 bits per heavy atom. The smallest absolute Gasteiger partial charge is 0.294 e. The van der Waals surface area contributed by atoms with Crippen LogP contribution in [0.15, 0.2) is 53.4 Å². The van der Waals surface area contributed by atoms with Gasteiger partial charge in [0.05, 0.1) is 4.90 Å². The van der Waals surface area contributed by atoms with E-state index >= 15 is 0 Å². The molecular weight excluding hydrogens is 436 g/mol. The van der Waals surface area contributed by atoms with Crippen molar-refractivity contribution in [2.75, 3.05) is 0 Å². The van der Waals surface area contributed by atoms with Crippen LogP contribution in [0.2, 0.25) is 0 Å². The van der Waals surface area contributed by atoms with Crippen LogP contribution in [-0.2, 0) is 10.1 Å². The highest BCUT2D eigenvalue weighted by molar-refractivity contribution is 7.85. The largest absolute Gasteiger partial charge is 0.508 e. The quantitative estimate of drug-likeness (QED) is 0.288. The van der Waals surface area contributed by atoms with E-state index in [9.17, 15) is 23.2 Å². The second-order valence-electron chi connectivity index (χ2n) is 9.29. The fourth-order valence-electron chi connectivity index (χ4n) is 4.46. The van der Waals surface area contributed by atoms with Crippen molar-refractivity contribution in [3.63, 3.8) is 0 Å². The fraction of sp³-hybridized carbons (Fsp3) is 0.333. The Hall–Kier alpha value is -2.83. The van der Waals surface area contributed by atoms with Crippen molar-refractivity contribution in [1.82, 2.24) is 0 Å². The molecule has 3 N–H and O–H groups in total. The monoisotopic (exact) mass is 468 g/mol. The van der Waals surface area contributed by atoms with Gasteiger partial charge >= 0.3 is 0 Å². The average molecular weight is 469 g/mol. The molecule has 0 aliphatic heterocycles. The zero-order chi connectivity index (χ0) is 24.7. The van der Waals surface area contributed by atoms with Gasteiger partial charge in [-0.2, -0.15) is 8.42 Å². The van der Waals surface area contributed by atoms with Gasteiger partial charge in [-0.15, -0.1) is 0 Å². The lowest BCUT2D eigenvalue weighted by atomic mass is 9.78. The van der Waals surface area contributed by atoms with Gasteiger partial charge in [-0.25, -0.2) is 0 Å². The van der Waals surface area contributed by atoms with Gasteiger partial charge in [-0.05, 0) is 82.8 Å². The first-order valence-electron chi connectivity index (χ1n) is 11.1. The lowest BCUT2D eigenvalue weighted by Crippen LogP contribution is -2.13. The molecule has 3 aromatic rings. The van der Waals surface area contributed by atoms with Crippen LogP contribution < -0.4 is 0 Å². The normalized spacial score (nSPS) is 12.2. The molecular formula is C27H32O5S. The lowest BCUT2D eigenvalue weighted by Gasteiger charge is -2.27. The van der Waals surface area contributed by atoms with Crippen LogP contribution >= 0.6 is 0 Å². The molecule has 0 aromatic heterocycles.